The Bertz CT molecular complexity index is 535. The zero-order valence-electron chi connectivity index (χ0n) is 11.3. The summed E-state index contributed by atoms with van der Waals surface area (Å²) in [7, 11) is 1.70. The van der Waals surface area contributed by atoms with E-state index in [1.165, 1.54) is 0 Å². The topological polar surface area (TPSA) is 59.9 Å². The minimum absolute atomic E-state index is 0.608. The van der Waals surface area contributed by atoms with Gasteiger partial charge < -0.3 is 10.1 Å². The summed E-state index contributed by atoms with van der Waals surface area (Å²) in [5.74, 6) is 0. The number of pyridine rings is 1. The summed E-state index contributed by atoms with van der Waals surface area (Å²) in [6.45, 7) is 2.57. The Balaban J connectivity index is 1.82. The Labute approximate surface area is 127 Å². The van der Waals surface area contributed by atoms with Crippen molar-refractivity contribution in [2.75, 3.05) is 26.8 Å². The van der Waals surface area contributed by atoms with Crippen LogP contribution in [0.1, 0.15) is 11.4 Å². The Morgan fingerprint density at radius 3 is 3.05 bits per heavy atom. The highest BCUT2D eigenvalue weighted by molar-refractivity contribution is 7.14. The summed E-state index contributed by atoms with van der Waals surface area (Å²) in [5, 5.41) is 14.2. The lowest BCUT2D eigenvalue weighted by atomic mass is 10.3. The lowest BCUT2D eigenvalue weighted by Crippen LogP contribution is -2.20. The van der Waals surface area contributed by atoms with Crippen LogP contribution in [0.4, 0.5) is 0 Å². The van der Waals surface area contributed by atoms with Gasteiger partial charge >= 0.3 is 0 Å². The molecule has 0 unspecified atom stereocenters. The monoisotopic (exact) mass is 312 g/mol. The van der Waals surface area contributed by atoms with Crippen LogP contribution in [0.5, 0.6) is 0 Å². The molecule has 0 aliphatic heterocycles. The molecule has 0 radical (unpaired) electrons. The molecule has 2 heterocycles. The maximum atomic E-state index is 6.10. The molecular weight excluding hydrogens is 296 g/mol. The van der Waals surface area contributed by atoms with Crippen LogP contribution in [0.15, 0.2) is 18.5 Å². The minimum atomic E-state index is 0.608. The molecule has 0 saturated carbocycles. The number of aryl methyl sites for hydroxylation is 1. The van der Waals surface area contributed by atoms with Crippen molar-refractivity contribution in [2.24, 2.45) is 0 Å². The second-order valence-corrected chi connectivity index (χ2v) is 5.67. The molecule has 0 aliphatic rings. The molecule has 0 spiro atoms. The molecule has 5 nitrogen and oxygen atoms in total. The van der Waals surface area contributed by atoms with Crippen molar-refractivity contribution in [3.8, 4) is 10.6 Å². The Kier molecular flexibility index (Phi) is 6.32. The Morgan fingerprint density at radius 2 is 2.25 bits per heavy atom. The number of hydrogen-bond donors (Lipinski definition) is 1. The van der Waals surface area contributed by atoms with Crippen LogP contribution < -0.4 is 5.32 Å². The van der Waals surface area contributed by atoms with E-state index in [0.717, 1.165) is 48.1 Å². The van der Waals surface area contributed by atoms with E-state index in [1.807, 2.05) is 6.07 Å². The summed E-state index contributed by atoms with van der Waals surface area (Å²) < 4.78 is 4.97. The van der Waals surface area contributed by atoms with Crippen molar-refractivity contribution in [1.29, 1.82) is 0 Å². The van der Waals surface area contributed by atoms with Gasteiger partial charge in [0, 0.05) is 38.0 Å². The third-order valence-electron chi connectivity index (χ3n) is 2.70. The van der Waals surface area contributed by atoms with Crippen LogP contribution in [0.3, 0.4) is 0 Å². The molecule has 2 aromatic rings. The molecular formula is C13H17ClN4OS. The number of aromatic nitrogens is 3. The first-order valence-electron chi connectivity index (χ1n) is 6.43. The fourth-order valence-corrected chi connectivity index (χ4v) is 2.86. The molecule has 1 N–H and O–H groups in total. The SMILES string of the molecule is COCCNCCCc1nnc(-c2ccncc2Cl)s1. The van der Waals surface area contributed by atoms with Gasteiger partial charge in [-0.05, 0) is 19.0 Å². The van der Waals surface area contributed by atoms with Crippen LogP contribution in [-0.2, 0) is 11.2 Å². The summed E-state index contributed by atoms with van der Waals surface area (Å²) in [6, 6.07) is 1.86. The molecule has 108 valence electrons. The van der Waals surface area contributed by atoms with E-state index in [0.29, 0.717) is 5.02 Å². The summed E-state index contributed by atoms with van der Waals surface area (Å²) in [4.78, 5) is 3.97. The fraction of sp³-hybridized carbons (Fsp3) is 0.462. The average Bonchev–Trinajstić information content (AvgIpc) is 2.92. The van der Waals surface area contributed by atoms with Gasteiger partial charge in [-0.1, -0.05) is 22.9 Å². The Morgan fingerprint density at radius 1 is 1.35 bits per heavy atom. The largest absolute Gasteiger partial charge is 0.383 e. The number of ether oxygens (including phenoxy) is 1. The van der Waals surface area contributed by atoms with E-state index >= 15 is 0 Å². The Hall–Kier alpha value is -1.08. The van der Waals surface area contributed by atoms with Crippen molar-refractivity contribution >= 4 is 22.9 Å². The highest BCUT2D eigenvalue weighted by Gasteiger charge is 2.09. The van der Waals surface area contributed by atoms with E-state index < -0.39 is 0 Å². The fourth-order valence-electron chi connectivity index (χ4n) is 1.68. The van der Waals surface area contributed by atoms with Crippen LogP contribution in [0.25, 0.3) is 10.6 Å². The minimum Gasteiger partial charge on any atom is -0.383 e. The maximum absolute atomic E-state index is 6.10. The van der Waals surface area contributed by atoms with E-state index in [9.17, 15) is 0 Å². The molecule has 0 atom stereocenters. The van der Waals surface area contributed by atoms with Gasteiger partial charge in [-0.15, -0.1) is 10.2 Å². The quantitative estimate of drug-likeness (QED) is 0.759. The van der Waals surface area contributed by atoms with Crippen molar-refractivity contribution in [2.45, 2.75) is 12.8 Å². The molecule has 0 fully saturated rings. The molecule has 0 bridgehead atoms. The van der Waals surface area contributed by atoms with Gasteiger partial charge in [-0.2, -0.15) is 0 Å². The smallest absolute Gasteiger partial charge is 0.149 e. The van der Waals surface area contributed by atoms with E-state index in [1.54, 1.807) is 30.8 Å². The van der Waals surface area contributed by atoms with E-state index in [-0.39, 0.29) is 0 Å². The van der Waals surface area contributed by atoms with Crippen LogP contribution >= 0.6 is 22.9 Å². The first-order chi connectivity index (χ1) is 9.81. The third kappa shape index (κ3) is 4.49. The van der Waals surface area contributed by atoms with Gasteiger partial charge in [0.15, 0.2) is 0 Å². The van der Waals surface area contributed by atoms with Gasteiger partial charge in [0.25, 0.3) is 0 Å². The molecule has 2 aromatic heterocycles. The molecule has 0 aromatic carbocycles. The zero-order valence-corrected chi connectivity index (χ0v) is 12.9. The van der Waals surface area contributed by atoms with Crippen LogP contribution in [-0.4, -0.2) is 42.0 Å². The molecule has 0 amide bonds. The second-order valence-electron chi connectivity index (χ2n) is 4.20. The van der Waals surface area contributed by atoms with Crippen LogP contribution in [0, 0.1) is 0 Å². The highest BCUT2D eigenvalue weighted by atomic mass is 35.5. The predicted octanol–water partition coefficient (Wildman–Crippen LogP) is 2.42. The first-order valence-corrected chi connectivity index (χ1v) is 7.62. The summed E-state index contributed by atoms with van der Waals surface area (Å²) >= 11 is 7.68. The van der Waals surface area contributed by atoms with E-state index in [4.69, 9.17) is 16.3 Å². The summed E-state index contributed by atoms with van der Waals surface area (Å²) in [5.41, 5.74) is 0.892. The lowest BCUT2D eigenvalue weighted by Gasteiger charge is -2.01. The maximum Gasteiger partial charge on any atom is 0.149 e. The average molecular weight is 313 g/mol. The number of nitrogens with one attached hydrogen (secondary N) is 1. The van der Waals surface area contributed by atoms with Gasteiger partial charge in [0.1, 0.15) is 10.0 Å². The number of halogens is 1. The van der Waals surface area contributed by atoms with Crippen LogP contribution in [0.2, 0.25) is 5.02 Å². The van der Waals surface area contributed by atoms with Gasteiger partial charge in [-0.3, -0.25) is 4.98 Å². The molecule has 2 rings (SSSR count). The number of rotatable bonds is 8. The van der Waals surface area contributed by atoms with Crippen molar-refractivity contribution < 1.29 is 4.74 Å². The summed E-state index contributed by atoms with van der Waals surface area (Å²) in [6.07, 6.45) is 5.28. The number of methoxy groups -OCH3 is 1. The van der Waals surface area contributed by atoms with Crippen molar-refractivity contribution in [1.82, 2.24) is 20.5 Å². The normalized spacial score (nSPS) is 10.9. The molecule has 0 saturated heterocycles. The van der Waals surface area contributed by atoms with Gasteiger partial charge in [-0.25, -0.2) is 0 Å². The van der Waals surface area contributed by atoms with Gasteiger partial charge in [0.05, 0.1) is 11.6 Å². The third-order valence-corrected chi connectivity index (χ3v) is 4.01. The standard InChI is InChI=1S/C13H17ClN4OS/c1-19-8-7-15-5-2-3-12-17-18-13(20-12)10-4-6-16-9-11(10)14/h4,6,9,15H,2-3,5,7-8H2,1H3. The highest BCUT2D eigenvalue weighted by Crippen LogP contribution is 2.29. The second kappa shape index (κ2) is 8.26. The van der Waals surface area contributed by atoms with Gasteiger partial charge in [0.2, 0.25) is 0 Å². The molecule has 20 heavy (non-hydrogen) atoms. The van der Waals surface area contributed by atoms with Crippen molar-refractivity contribution in [3.63, 3.8) is 0 Å². The lowest BCUT2D eigenvalue weighted by molar-refractivity contribution is 0.199. The van der Waals surface area contributed by atoms with E-state index in [2.05, 4.69) is 20.5 Å². The molecule has 7 heteroatoms. The zero-order chi connectivity index (χ0) is 14.2. The molecule has 0 aliphatic carbocycles. The predicted molar refractivity (Wildman–Crippen MR) is 81.2 cm³/mol. The van der Waals surface area contributed by atoms with Crippen molar-refractivity contribution in [3.05, 3.63) is 28.5 Å². The number of nitrogens with zero attached hydrogens (tertiary/aromatic N) is 3. The first kappa shape index (κ1) is 15.3. The number of hydrogen-bond acceptors (Lipinski definition) is 6.